The summed E-state index contributed by atoms with van der Waals surface area (Å²) in [6, 6.07) is 18.6. The van der Waals surface area contributed by atoms with Gasteiger partial charge in [0.05, 0.1) is 11.1 Å². The molecule has 0 spiro atoms. The van der Waals surface area contributed by atoms with Crippen LogP contribution in [0.2, 0.25) is 0 Å². The van der Waals surface area contributed by atoms with Gasteiger partial charge >= 0.3 is 6.18 Å². The number of carbonyl (C=O) groups is 3. The van der Waals surface area contributed by atoms with Crippen molar-refractivity contribution >= 4 is 29.1 Å². The molecule has 1 N–H and O–H groups in total. The van der Waals surface area contributed by atoms with E-state index in [1.807, 2.05) is 35.2 Å². The third-order valence-electron chi connectivity index (χ3n) is 7.64. The smallest absolute Gasteiger partial charge is 0.369 e. The Balaban J connectivity index is 1.39. The van der Waals surface area contributed by atoms with Gasteiger partial charge in [-0.25, -0.2) is 0 Å². The van der Waals surface area contributed by atoms with Gasteiger partial charge in [-0.2, -0.15) is 13.2 Å². The van der Waals surface area contributed by atoms with Gasteiger partial charge in [-0.15, -0.1) is 0 Å². The average molecular weight is 579 g/mol. The number of amides is 3. The van der Waals surface area contributed by atoms with Crippen molar-refractivity contribution in [1.82, 2.24) is 9.80 Å². The molecule has 0 bridgehead atoms. The van der Waals surface area contributed by atoms with E-state index in [9.17, 15) is 27.6 Å². The molecule has 0 atom stereocenters. The minimum Gasteiger partial charge on any atom is -0.369 e. The van der Waals surface area contributed by atoms with Crippen LogP contribution < -0.4 is 10.2 Å². The maximum Gasteiger partial charge on any atom is 0.416 e. The number of alkyl halides is 3. The minimum atomic E-state index is -4.50. The largest absolute Gasteiger partial charge is 0.416 e. The second-order valence-corrected chi connectivity index (χ2v) is 10.8. The van der Waals surface area contributed by atoms with Gasteiger partial charge in [0.1, 0.15) is 0 Å². The normalized spacial score (nSPS) is 15.6. The number of nitrogens with zero attached hydrogens (tertiary/aromatic N) is 3. The molecule has 3 aromatic rings. The van der Waals surface area contributed by atoms with Crippen molar-refractivity contribution in [3.63, 3.8) is 0 Å². The summed E-state index contributed by atoms with van der Waals surface area (Å²) in [5.41, 5.74) is 1.63. The van der Waals surface area contributed by atoms with Crippen molar-refractivity contribution in [2.75, 3.05) is 43.4 Å². The third-order valence-corrected chi connectivity index (χ3v) is 7.64. The Morgan fingerprint density at radius 3 is 2.29 bits per heavy atom. The number of rotatable bonds is 7. The van der Waals surface area contributed by atoms with E-state index in [1.165, 1.54) is 0 Å². The van der Waals surface area contributed by atoms with Crippen LogP contribution in [0.1, 0.15) is 51.1 Å². The molecule has 1 saturated heterocycles. The van der Waals surface area contributed by atoms with E-state index in [1.54, 1.807) is 30.1 Å². The molecular formula is C32H33F3N4O3. The fourth-order valence-electron chi connectivity index (χ4n) is 5.18. The molecule has 10 heteroatoms. The van der Waals surface area contributed by atoms with Crippen molar-refractivity contribution in [2.24, 2.45) is 5.92 Å². The molecule has 220 valence electrons. The van der Waals surface area contributed by atoms with Crippen LogP contribution in [0.5, 0.6) is 0 Å². The fraction of sp³-hybridized carbons (Fsp3) is 0.344. The number of hydrogen-bond donors (Lipinski definition) is 1. The standard InChI is InChI=1S/C32H33F3N4O3/c1-37(21-22-6-3-2-4-7-22)31(42)27-20-26(36-29(40)23-10-12-25(13-11-23)32(33,34)35)14-15-28(27)38-16-5-17-39(19-18-38)30(41)24-8-9-24/h2-4,6-7,10-15,20,24H,5,8-9,16-19,21H2,1H3,(H,36,40). The van der Waals surface area contributed by atoms with E-state index in [0.717, 1.165) is 49.1 Å². The third kappa shape index (κ3) is 6.92. The van der Waals surface area contributed by atoms with E-state index in [0.29, 0.717) is 49.7 Å². The molecule has 3 amide bonds. The van der Waals surface area contributed by atoms with Gasteiger partial charge in [-0.1, -0.05) is 30.3 Å². The van der Waals surface area contributed by atoms with Gasteiger partial charge in [0.2, 0.25) is 5.91 Å². The molecule has 3 aromatic carbocycles. The quantitative estimate of drug-likeness (QED) is 0.392. The predicted molar refractivity (Wildman–Crippen MR) is 154 cm³/mol. The van der Waals surface area contributed by atoms with Crippen LogP contribution in [0.4, 0.5) is 24.5 Å². The monoisotopic (exact) mass is 578 g/mol. The summed E-state index contributed by atoms with van der Waals surface area (Å²) in [6.07, 6.45) is -1.84. The lowest BCUT2D eigenvalue weighted by molar-refractivity contribution is -0.137. The molecule has 2 aliphatic rings. The molecule has 0 unspecified atom stereocenters. The van der Waals surface area contributed by atoms with Crippen LogP contribution in [0.25, 0.3) is 0 Å². The number of benzene rings is 3. The highest BCUT2D eigenvalue weighted by atomic mass is 19.4. The van der Waals surface area contributed by atoms with E-state index in [-0.39, 0.29) is 23.3 Å². The van der Waals surface area contributed by atoms with Gasteiger partial charge in [-0.3, -0.25) is 14.4 Å². The van der Waals surface area contributed by atoms with Gasteiger partial charge in [0.15, 0.2) is 0 Å². The number of hydrogen-bond acceptors (Lipinski definition) is 4. The van der Waals surface area contributed by atoms with Crippen LogP contribution >= 0.6 is 0 Å². The molecule has 5 rings (SSSR count). The van der Waals surface area contributed by atoms with Crippen LogP contribution in [-0.4, -0.2) is 60.7 Å². The Bertz CT molecular complexity index is 1440. The molecule has 1 heterocycles. The van der Waals surface area contributed by atoms with Crippen molar-refractivity contribution in [1.29, 1.82) is 0 Å². The molecule has 7 nitrogen and oxygen atoms in total. The first kappa shape index (κ1) is 29.2. The van der Waals surface area contributed by atoms with Gasteiger partial charge in [-0.05, 0) is 67.3 Å². The average Bonchev–Trinajstić information content (AvgIpc) is 3.84. The SMILES string of the molecule is CN(Cc1ccccc1)C(=O)c1cc(NC(=O)c2ccc(C(F)(F)F)cc2)ccc1N1CCCN(C(=O)C2CC2)CC1. The number of nitrogens with one attached hydrogen (secondary N) is 1. The zero-order chi connectivity index (χ0) is 29.9. The zero-order valence-electron chi connectivity index (χ0n) is 23.4. The molecule has 2 fully saturated rings. The molecule has 1 saturated carbocycles. The highest BCUT2D eigenvalue weighted by Crippen LogP contribution is 2.33. The van der Waals surface area contributed by atoms with E-state index in [4.69, 9.17) is 0 Å². The summed E-state index contributed by atoms with van der Waals surface area (Å²) >= 11 is 0. The highest BCUT2D eigenvalue weighted by molar-refractivity contribution is 6.06. The summed E-state index contributed by atoms with van der Waals surface area (Å²) in [5.74, 6) is -0.476. The Kier molecular flexibility index (Phi) is 8.51. The predicted octanol–water partition coefficient (Wildman–Crippen LogP) is 5.68. The number of anilines is 2. The topological polar surface area (TPSA) is 73.0 Å². The first-order valence-electron chi connectivity index (χ1n) is 14.1. The number of halogens is 3. The maximum absolute atomic E-state index is 13.8. The van der Waals surface area contributed by atoms with Crippen LogP contribution in [0.3, 0.4) is 0 Å². The Labute approximate surface area is 242 Å². The molecule has 0 aromatic heterocycles. The number of carbonyl (C=O) groups excluding carboxylic acids is 3. The Morgan fingerprint density at radius 2 is 1.62 bits per heavy atom. The van der Waals surface area contributed by atoms with E-state index in [2.05, 4.69) is 10.2 Å². The van der Waals surface area contributed by atoms with Crippen LogP contribution in [-0.2, 0) is 17.5 Å². The van der Waals surface area contributed by atoms with Gasteiger partial charge in [0.25, 0.3) is 11.8 Å². The van der Waals surface area contributed by atoms with Crippen molar-refractivity contribution in [3.05, 3.63) is 95.1 Å². The Hall–Kier alpha value is -4.34. The van der Waals surface area contributed by atoms with Crippen molar-refractivity contribution < 1.29 is 27.6 Å². The van der Waals surface area contributed by atoms with E-state index < -0.39 is 17.6 Å². The van der Waals surface area contributed by atoms with Gasteiger partial charge in [0, 0.05) is 62.6 Å². The van der Waals surface area contributed by atoms with Crippen LogP contribution in [0, 0.1) is 5.92 Å². The first-order chi connectivity index (χ1) is 20.1. The molecular weight excluding hydrogens is 545 g/mol. The van der Waals surface area contributed by atoms with Gasteiger partial charge < -0.3 is 20.0 Å². The highest BCUT2D eigenvalue weighted by Gasteiger charge is 2.34. The summed E-state index contributed by atoms with van der Waals surface area (Å²) in [5, 5.41) is 2.72. The van der Waals surface area contributed by atoms with E-state index >= 15 is 0 Å². The molecule has 1 aliphatic heterocycles. The minimum absolute atomic E-state index is 0.0640. The second-order valence-electron chi connectivity index (χ2n) is 10.8. The van der Waals surface area contributed by atoms with Crippen LogP contribution in [0.15, 0.2) is 72.8 Å². The van der Waals surface area contributed by atoms with Crippen molar-refractivity contribution in [2.45, 2.75) is 32.0 Å². The first-order valence-corrected chi connectivity index (χ1v) is 14.1. The lowest BCUT2D eigenvalue weighted by atomic mass is 10.1. The lowest BCUT2D eigenvalue weighted by Gasteiger charge is -2.28. The summed E-state index contributed by atoms with van der Waals surface area (Å²) in [6.45, 7) is 2.84. The Morgan fingerprint density at radius 1 is 0.905 bits per heavy atom. The summed E-state index contributed by atoms with van der Waals surface area (Å²) in [4.78, 5) is 45.0. The lowest BCUT2D eigenvalue weighted by Crippen LogP contribution is -2.36. The fourth-order valence-corrected chi connectivity index (χ4v) is 5.18. The summed E-state index contributed by atoms with van der Waals surface area (Å²) in [7, 11) is 1.71. The molecule has 1 aliphatic carbocycles. The second kappa shape index (κ2) is 12.3. The molecule has 42 heavy (non-hydrogen) atoms. The zero-order valence-corrected chi connectivity index (χ0v) is 23.4. The van der Waals surface area contributed by atoms with Crippen molar-refractivity contribution in [3.8, 4) is 0 Å². The maximum atomic E-state index is 13.8. The molecule has 0 radical (unpaired) electrons. The summed E-state index contributed by atoms with van der Waals surface area (Å²) < 4.78 is 38.8.